The van der Waals surface area contributed by atoms with Crippen molar-refractivity contribution in [2.75, 3.05) is 19.8 Å². The summed E-state index contributed by atoms with van der Waals surface area (Å²) in [7, 11) is 0. The highest BCUT2D eigenvalue weighted by Crippen LogP contribution is 2.43. The number of benzene rings is 2. The average Bonchev–Trinajstić information content (AvgIpc) is 2.99. The van der Waals surface area contributed by atoms with E-state index in [1.54, 1.807) is 0 Å². The Morgan fingerprint density at radius 1 is 1.03 bits per heavy atom. The molecule has 0 radical (unpaired) electrons. The van der Waals surface area contributed by atoms with Crippen molar-refractivity contribution in [1.82, 2.24) is 4.90 Å². The van der Waals surface area contributed by atoms with Crippen LogP contribution in [0.3, 0.4) is 0 Å². The van der Waals surface area contributed by atoms with E-state index < -0.39 is 0 Å². The molecule has 0 aromatic heterocycles. The molecular weight excluding hydrogens is 358 g/mol. The minimum Gasteiger partial charge on any atom is -0.380 e. The summed E-state index contributed by atoms with van der Waals surface area (Å²) >= 11 is 0. The molecule has 4 rings (SSSR count). The summed E-state index contributed by atoms with van der Waals surface area (Å²) in [6.45, 7) is 4.13. The van der Waals surface area contributed by atoms with Crippen molar-refractivity contribution in [3.05, 3.63) is 107 Å². The van der Waals surface area contributed by atoms with Gasteiger partial charge in [-0.05, 0) is 41.8 Å². The predicted molar refractivity (Wildman–Crippen MR) is 118 cm³/mol. The standard InChI is InChI=1S/C26H25NO2/c1-2-29-16-15-27-24-14-7-6-12-23(18-24)25(22-13-8-9-20(17-22)19-28)26(27)21-10-4-3-5-11-21/h3-14,17-19,23H,2,15-16H2,1H3. The summed E-state index contributed by atoms with van der Waals surface area (Å²) in [4.78, 5) is 13.8. The van der Waals surface area contributed by atoms with Crippen molar-refractivity contribution in [1.29, 1.82) is 0 Å². The van der Waals surface area contributed by atoms with Crippen molar-refractivity contribution in [2.45, 2.75) is 6.92 Å². The Hall–Kier alpha value is -3.17. The lowest BCUT2D eigenvalue weighted by Gasteiger charge is -2.36. The van der Waals surface area contributed by atoms with E-state index >= 15 is 0 Å². The second kappa shape index (κ2) is 8.89. The summed E-state index contributed by atoms with van der Waals surface area (Å²) in [5.74, 6) is 0.139. The molecule has 0 saturated heterocycles. The number of fused-ring (bicyclic) bond motifs is 1. The molecule has 1 atom stereocenters. The topological polar surface area (TPSA) is 29.5 Å². The van der Waals surface area contributed by atoms with Gasteiger partial charge >= 0.3 is 0 Å². The molecule has 0 saturated carbocycles. The summed E-state index contributed by atoms with van der Waals surface area (Å²) in [6.07, 6.45) is 11.8. The molecule has 3 nitrogen and oxygen atoms in total. The zero-order chi connectivity index (χ0) is 20.1. The van der Waals surface area contributed by atoms with Gasteiger partial charge in [0.25, 0.3) is 0 Å². The Balaban J connectivity index is 1.92. The molecule has 1 heterocycles. The van der Waals surface area contributed by atoms with E-state index in [0.29, 0.717) is 18.8 Å². The minimum absolute atomic E-state index is 0.139. The monoisotopic (exact) mass is 383 g/mol. The molecule has 2 aliphatic rings. The third kappa shape index (κ3) is 4.01. The van der Waals surface area contributed by atoms with Gasteiger partial charge < -0.3 is 9.64 Å². The van der Waals surface area contributed by atoms with Crippen molar-refractivity contribution >= 4 is 17.6 Å². The van der Waals surface area contributed by atoms with Gasteiger partial charge in [-0.25, -0.2) is 0 Å². The van der Waals surface area contributed by atoms with E-state index in [4.69, 9.17) is 4.74 Å². The van der Waals surface area contributed by atoms with Crippen LogP contribution in [0.4, 0.5) is 0 Å². The van der Waals surface area contributed by atoms with Gasteiger partial charge in [0.1, 0.15) is 6.29 Å². The van der Waals surface area contributed by atoms with Crippen LogP contribution < -0.4 is 0 Å². The van der Waals surface area contributed by atoms with Crippen LogP contribution in [0.2, 0.25) is 0 Å². The van der Waals surface area contributed by atoms with Crippen molar-refractivity contribution in [3.8, 4) is 0 Å². The van der Waals surface area contributed by atoms with Crippen LogP contribution >= 0.6 is 0 Å². The lowest BCUT2D eigenvalue weighted by atomic mass is 9.84. The highest BCUT2D eigenvalue weighted by Gasteiger charge is 2.29. The number of hydrogen-bond acceptors (Lipinski definition) is 3. The first kappa shape index (κ1) is 19.2. The number of carbonyl (C=O) groups is 1. The van der Waals surface area contributed by atoms with Crippen LogP contribution in [0, 0.1) is 5.92 Å². The fraction of sp³-hybridized carbons (Fsp3) is 0.192. The fourth-order valence-corrected chi connectivity index (χ4v) is 3.98. The molecule has 2 aromatic carbocycles. The predicted octanol–water partition coefficient (Wildman–Crippen LogP) is 5.35. The maximum Gasteiger partial charge on any atom is 0.150 e. The molecular formula is C26H25NO2. The highest BCUT2D eigenvalue weighted by molar-refractivity contribution is 5.95. The van der Waals surface area contributed by atoms with Gasteiger partial charge in [0.2, 0.25) is 0 Å². The van der Waals surface area contributed by atoms with E-state index in [2.05, 4.69) is 65.6 Å². The number of aldehydes is 1. The molecule has 1 aliphatic carbocycles. The smallest absolute Gasteiger partial charge is 0.150 e. The Kier molecular flexibility index (Phi) is 5.87. The first-order valence-corrected chi connectivity index (χ1v) is 10.1. The van der Waals surface area contributed by atoms with Gasteiger partial charge in [-0.15, -0.1) is 0 Å². The largest absolute Gasteiger partial charge is 0.380 e. The number of ether oxygens (including phenoxy) is 1. The molecule has 0 spiro atoms. The van der Waals surface area contributed by atoms with Crippen molar-refractivity contribution in [3.63, 3.8) is 0 Å². The number of nitrogens with zero attached hydrogens (tertiary/aromatic N) is 1. The Bertz CT molecular complexity index is 998. The number of rotatable bonds is 7. The second-order valence-electron chi connectivity index (χ2n) is 7.08. The first-order chi connectivity index (χ1) is 14.3. The summed E-state index contributed by atoms with van der Waals surface area (Å²) in [5.41, 5.74) is 6.48. The van der Waals surface area contributed by atoms with Gasteiger partial charge in [0.05, 0.1) is 12.3 Å². The van der Waals surface area contributed by atoms with Gasteiger partial charge in [0.15, 0.2) is 0 Å². The lowest BCUT2D eigenvalue weighted by molar-refractivity contribution is 0.112. The number of allylic oxidation sites excluding steroid dienone is 6. The minimum atomic E-state index is 0.139. The van der Waals surface area contributed by atoms with Crippen LogP contribution in [-0.4, -0.2) is 30.9 Å². The number of carbonyl (C=O) groups excluding carboxylic acids is 1. The Labute approximate surface area is 172 Å². The van der Waals surface area contributed by atoms with Crippen LogP contribution in [0.25, 0.3) is 11.3 Å². The maximum absolute atomic E-state index is 11.4. The zero-order valence-corrected chi connectivity index (χ0v) is 16.6. The van der Waals surface area contributed by atoms with E-state index in [-0.39, 0.29) is 5.92 Å². The summed E-state index contributed by atoms with van der Waals surface area (Å²) in [6, 6.07) is 18.4. The van der Waals surface area contributed by atoms with Crippen LogP contribution in [0.1, 0.15) is 28.4 Å². The molecule has 0 N–H and O–H groups in total. The molecule has 1 unspecified atom stereocenters. The average molecular weight is 383 g/mol. The zero-order valence-electron chi connectivity index (χ0n) is 16.6. The second-order valence-corrected chi connectivity index (χ2v) is 7.08. The van der Waals surface area contributed by atoms with Gasteiger partial charge in [-0.2, -0.15) is 0 Å². The first-order valence-electron chi connectivity index (χ1n) is 10.1. The third-order valence-corrected chi connectivity index (χ3v) is 5.26. The van der Waals surface area contributed by atoms with Gasteiger partial charge in [-0.3, -0.25) is 4.79 Å². The molecule has 146 valence electrons. The van der Waals surface area contributed by atoms with Gasteiger partial charge in [0, 0.05) is 30.3 Å². The summed E-state index contributed by atoms with van der Waals surface area (Å²) in [5, 5.41) is 0. The maximum atomic E-state index is 11.4. The van der Waals surface area contributed by atoms with E-state index in [1.807, 2.05) is 31.2 Å². The van der Waals surface area contributed by atoms with Crippen molar-refractivity contribution in [2.24, 2.45) is 5.92 Å². The Morgan fingerprint density at radius 3 is 2.66 bits per heavy atom. The van der Waals surface area contributed by atoms with Crippen LogP contribution in [0.15, 0.2) is 90.7 Å². The molecule has 0 fully saturated rings. The van der Waals surface area contributed by atoms with Crippen LogP contribution in [-0.2, 0) is 4.74 Å². The molecule has 29 heavy (non-hydrogen) atoms. The number of hydrogen-bond donors (Lipinski definition) is 0. The lowest BCUT2D eigenvalue weighted by Crippen LogP contribution is -2.30. The quantitative estimate of drug-likeness (QED) is 0.477. The van der Waals surface area contributed by atoms with E-state index in [9.17, 15) is 4.79 Å². The third-order valence-electron chi connectivity index (χ3n) is 5.26. The summed E-state index contributed by atoms with van der Waals surface area (Å²) < 4.78 is 5.69. The SMILES string of the molecule is CCOCCN1C2=CC(C=CC=C2)C(c2cccc(C=O)c2)=C1c1ccccc1. The van der Waals surface area contributed by atoms with Crippen molar-refractivity contribution < 1.29 is 9.53 Å². The van der Waals surface area contributed by atoms with E-state index in [1.165, 1.54) is 17.0 Å². The Morgan fingerprint density at radius 2 is 1.86 bits per heavy atom. The molecule has 1 aliphatic heterocycles. The normalized spacial score (nSPS) is 17.9. The molecule has 0 amide bonds. The van der Waals surface area contributed by atoms with Crippen LogP contribution in [0.5, 0.6) is 0 Å². The van der Waals surface area contributed by atoms with Gasteiger partial charge in [-0.1, -0.05) is 66.8 Å². The fourth-order valence-electron chi connectivity index (χ4n) is 3.98. The molecule has 2 bridgehead atoms. The molecule has 3 heteroatoms. The van der Waals surface area contributed by atoms with E-state index in [0.717, 1.165) is 24.0 Å². The highest BCUT2D eigenvalue weighted by atomic mass is 16.5. The molecule has 2 aromatic rings.